The van der Waals surface area contributed by atoms with Crippen molar-refractivity contribution < 1.29 is 4.39 Å². The van der Waals surface area contributed by atoms with E-state index in [1.807, 2.05) is 12.1 Å². The van der Waals surface area contributed by atoms with E-state index in [0.29, 0.717) is 21.8 Å². The second-order valence-corrected chi connectivity index (χ2v) is 5.81. The quantitative estimate of drug-likeness (QED) is 0.700. The first-order chi connectivity index (χ1) is 9.47. The van der Waals surface area contributed by atoms with Gasteiger partial charge in [-0.3, -0.25) is 4.57 Å². The summed E-state index contributed by atoms with van der Waals surface area (Å²) in [5.74, 6) is -0.0294. The van der Waals surface area contributed by atoms with Crippen molar-refractivity contribution in [3.05, 3.63) is 51.2 Å². The molecule has 0 fully saturated rings. The highest BCUT2D eigenvalue weighted by molar-refractivity contribution is 9.10. The largest absolute Gasteiger partial charge is 0.369 e. The van der Waals surface area contributed by atoms with Crippen LogP contribution in [-0.2, 0) is 0 Å². The predicted molar refractivity (Wildman–Crippen MR) is 82.9 cm³/mol. The smallest absolute Gasteiger partial charge is 0.205 e. The maximum Gasteiger partial charge on any atom is 0.205 e. The highest BCUT2D eigenvalue weighted by Gasteiger charge is 2.14. The fraction of sp³-hybridized carbons (Fsp3) is 0.0714. The van der Waals surface area contributed by atoms with E-state index in [0.717, 1.165) is 9.99 Å². The summed E-state index contributed by atoms with van der Waals surface area (Å²) in [6, 6.07) is 8.57. The maximum atomic E-state index is 13.6. The molecule has 2 N–H and O–H groups in total. The van der Waals surface area contributed by atoms with Crippen molar-refractivity contribution in [2.75, 3.05) is 5.73 Å². The zero-order valence-corrected chi connectivity index (χ0v) is 12.8. The lowest BCUT2D eigenvalue weighted by Crippen LogP contribution is -2.01. The molecule has 0 aliphatic heterocycles. The van der Waals surface area contributed by atoms with Gasteiger partial charge in [0.25, 0.3) is 0 Å². The molecule has 0 saturated heterocycles. The lowest BCUT2D eigenvalue weighted by atomic mass is 10.2. The van der Waals surface area contributed by atoms with Crippen molar-refractivity contribution in [2.45, 2.75) is 6.92 Å². The molecule has 0 atom stereocenters. The number of aryl methyl sites for hydroxylation is 1. The zero-order chi connectivity index (χ0) is 14.4. The number of imidazole rings is 1. The number of nitrogens with zero attached hydrogens (tertiary/aromatic N) is 2. The monoisotopic (exact) mass is 353 g/mol. The van der Waals surface area contributed by atoms with Gasteiger partial charge in [0.2, 0.25) is 5.95 Å². The van der Waals surface area contributed by atoms with Crippen LogP contribution in [0.5, 0.6) is 0 Å². The fourth-order valence-corrected chi connectivity index (χ4v) is 2.89. The van der Waals surface area contributed by atoms with Gasteiger partial charge in [-0.15, -0.1) is 0 Å². The highest BCUT2D eigenvalue weighted by Crippen LogP contribution is 2.31. The Kier molecular flexibility index (Phi) is 3.18. The SMILES string of the molecule is Cc1cc2c(cc1F)nc(N)n2-c1ccc(Br)cc1Cl. The number of hydrogen-bond acceptors (Lipinski definition) is 2. The van der Waals surface area contributed by atoms with Gasteiger partial charge >= 0.3 is 0 Å². The van der Waals surface area contributed by atoms with E-state index in [-0.39, 0.29) is 11.8 Å². The zero-order valence-electron chi connectivity index (χ0n) is 10.5. The molecule has 20 heavy (non-hydrogen) atoms. The first kappa shape index (κ1) is 13.4. The molecule has 0 radical (unpaired) electrons. The van der Waals surface area contributed by atoms with E-state index in [1.54, 1.807) is 23.6 Å². The van der Waals surface area contributed by atoms with E-state index >= 15 is 0 Å². The van der Waals surface area contributed by atoms with Crippen LogP contribution in [0.3, 0.4) is 0 Å². The lowest BCUT2D eigenvalue weighted by Gasteiger charge is -2.09. The number of fused-ring (bicyclic) bond motifs is 1. The minimum Gasteiger partial charge on any atom is -0.369 e. The molecule has 0 aliphatic rings. The molecule has 3 aromatic rings. The Labute approximate surface area is 128 Å². The molecule has 102 valence electrons. The van der Waals surface area contributed by atoms with Crippen LogP contribution in [0, 0.1) is 12.7 Å². The summed E-state index contributed by atoms with van der Waals surface area (Å²) in [6.07, 6.45) is 0. The molecule has 3 nitrogen and oxygen atoms in total. The molecule has 1 aromatic heterocycles. The van der Waals surface area contributed by atoms with Gasteiger partial charge in [0.05, 0.1) is 21.7 Å². The van der Waals surface area contributed by atoms with Gasteiger partial charge in [0.15, 0.2) is 0 Å². The second-order valence-electron chi connectivity index (χ2n) is 4.49. The van der Waals surface area contributed by atoms with Gasteiger partial charge in [-0.25, -0.2) is 9.37 Å². The third kappa shape index (κ3) is 2.07. The molecule has 1 heterocycles. The summed E-state index contributed by atoms with van der Waals surface area (Å²) in [5, 5.41) is 0.535. The minimum absolute atomic E-state index is 0.272. The molecule has 2 aromatic carbocycles. The summed E-state index contributed by atoms with van der Waals surface area (Å²) in [7, 11) is 0. The average Bonchev–Trinajstić information content (AvgIpc) is 2.66. The molecule has 0 spiro atoms. The maximum absolute atomic E-state index is 13.6. The van der Waals surface area contributed by atoms with Crippen LogP contribution in [0.2, 0.25) is 5.02 Å². The predicted octanol–water partition coefficient (Wildman–Crippen LogP) is 4.47. The van der Waals surface area contributed by atoms with Gasteiger partial charge in [-0.2, -0.15) is 0 Å². The van der Waals surface area contributed by atoms with E-state index in [1.165, 1.54) is 6.07 Å². The van der Waals surface area contributed by atoms with Crippen LogP contribution in [0.15, 0.2) is 34.8 Å². The Bertz CT molecular complexity index is 829. The van der Waals surface area contributed by atoms with Gasteiger partial charge in [-0.1, -0.05) is 27.5 Å². The fourth-order valence-electron chi connectivity index (χ4n) is 2.14. The van der Waals surface area contributed by atoms with Crippen molar-refractivity contribution in [3.63, 3.8) is 0 Å². The number of anilines is 1. The third-order valence-corrected chi connectivity index (χ3v) is 3.91. The van der Waals surface area contributed by atoms with Gasteiger partial charge in [-0.05, 0) is 36.8 Å². The number of hydrogen-bond donors (Lipinski definition) is 1. The molecule has 0 saturated carbocycles. The molecule has 0 unspecified atom stereocenters. The summed E-state index contributed by atoms with van der Waals surface area (Å²) < 4.78 is 16.2. The molecular formula is C14H10BrClFN3. The first-order valence-electron chi connectivity index (χ1n) is 5.87. The minimum atomic E-state index is -0.302. The van der Waals surface area contributed by atoms with Crippen molar-refractivity contribution in [1.82, 2.24) is 9.55 Å². The molecule has 3 rings (SSSR count). The third-order valence-electron chi connectivity index (χ3n) is 3.11. The van der Waals surface area contributed by atoms with E-state index in [4.69, 9.17) is 17.3 Å². The number of nitrogens with two attached hydrogens (primary N) is 1. The molecule has 0 bridgehead atoms. The van der Waals surface area contributed by atoms with E-state index in [9.17, 15) is 4.39 Å². The van der Waals surface area contributed by atoms with E-state index in [2.05, 4.69) is 20.9 Å². The standard InChI is InChI=1S/C14H10BrClFN3/c1-7-4-13-11(6-10(7)17)19-14(18)20(13)12-3-2-8(15)5-9(12)16/h2-6H,1H3,(H2,18,19). The van der Waals surface area contributed by atoms with Crippen molar-refractivity contribution >= 4 is 44.5 Å². The molecule has 0 aliphatic carbocycles. The normalized spacial score (nSPS) is 11.2. The Morgan fingerprint density at radius 1 is 1.30 bits per heavy atom. The molecule has 0 amide bonds. The van der Waals surface area contributed by atoms with Crippen LogP contribution in [0.25, 0.3) is 16.7 Å². The van der Waals surface area contributed by atoms with E-state index < -0.39 is 0 Å². The highest BCUT2D eigenvalue weighted by atomic mass is 79.9. The summed E-state index contributed by atoms with van der Waals surface area (Å²) >= 11 is 9.61. The summed E-state index contributed by atoms with van der Waals surface area (Å²) in [5.41, 5.74) is 8.43. The number of rotatable bonds is 1. The topological polar surface area (TPSA) is 43.8 Å². The molecule has 6 heteroatoms. The summed E-state index contributed by atoms with van der Waals surface area (Å²) in [6.45, 7) is 1.70. The van der Waals surface area contributed by atoms with Crippen molar-refractivity contribution in [3.8, 4) is 5.69 Å². The lowest BCUT2D eigenvalue weighted by molar-refractivity contribution is 0.620. The number of benzene rings is 2. The van der Waals surface area contributed by atoms with Gasteiger partial charge in [0.1, 0.15) is 5.82 Å². The Morgan fingerprint density at radius 3 is 2.75 bits per heavy atom. The Morgan fingerprint density at radius 2 is 2.05 bits per heavy atom. The van der Waals surface area contributed by atoms with Crippen LogP contribution in [-0.4, -0.2) is 9.55 Å². The number of halogens is 3. The van der Waals surface area contributed by atoms with Crippen molar-refractivity contribution in [2.24, 2.45) is 0 Å². The van der Waals surface area contributed by atoms with Crippen molar-refractivity contribution in [1.29, 1.82) is 0 Å². The van der Waals surface area contributed by atoms with Gasteiger partial charge in [0, 0.05) is 10.5 Å². The average molecular weight is 355 g/mol. The van der Waals surface area contributed by atoms with Crippen LogP contribution < -0.4 is 5.73 Å². The Hall–Kier alpha value is -1.59. The second kappa shape index (κ2) is 4.75. The van der Waals surface area contributed by atoms with Gasteiger partial charge < -0.3 is 5.73 Å². The van der Waals surface area contributed by atoms with Crippen LogP contribution >= 0.6 is 27.5 Å². The first-order valence-corrected chi connectivity index (χ1v) is 7.04. The Balaban J connectivity index is 2.35. The number of aromatic nitrogens is 2. The number of nitrogen functional groups attached to an aromatic ring is 1. The molecular weight excluding hydrogens is 345 g/mol. The summed E-state index contributed by atoms with van der Waals surface area (Å²) in [4.78, 5) is 4.19. The van der Waals surface area contributed by atoms with Crippen LogP contribution in [0.4, 0.5) is 10.3 Å². The van der Waals surface area contributed by atoms with Crippen LogP contribution in [0.1, 0.15) is 5.56 Å².